The minimum absolute atomic E-state index is 0. The number of hydrogen-bond acceptors (Lipinski definition) is 1. The molecule has 1 rings (SSSR count). The number of halogens is 3. The lowest BCUT2D eigenvalue weighted by Gasteiger charge is -1.96. The van der Waals surface area contributed by atoms with Crippen molar-refractivity contribution < 1.29 is 4.79 Å². The Bertz CT molecular complexity index is 280. The Morgan fingerprint density at radius 1 is 1.17 bits per heavy atom. The lowest BCUT2D eigenvalue weighted by Crippen LogP contribution is -2.10. The maximum Gasteiger partial charge on any atom is 0.248 e. The summed E-state index contributed by atoms with van der Waals surface area (Å²) < 4.78 is 0. The Labute approximate surface area is 86.1 Å². The predicted molar refractivity (Wildman–Crippen MR) is 52.2 cm³/mol. The van der Waals surface area contributed by atoms with E-state index in [1.165, 1.54) is 18.2 Å². The van der Waals surface area contributed by atoms with Gasteiger partial charge in [0.2, 0.25) is 5.91 Å². The van der Waals surface area contributed by atoms with Crippen LogP contribution in [0, 0.1) is 0 Å². The molecule has 2 N–H and O–H groups in total. The Balaban J connectivity index is 0.00000121. The summed E-state index contributed by atoms with van der Waals surface area (Å²) in [7, 11) is 0. The number of rotatable bonds is 1. The van der Waals surface area contributed by atoms with E-state index in [1.807, 2.05) is 0 Å². The van der Waals surface area contributed by atoms with Crippen LogP contribution in [0.4, 0.5) is 0 Å². The van der Waals surface area contributed by atoms with Gasteiger partial charge in [0.15, 0.2) is 0 Å². The molecule has 5 heteroatoms. The van der Waals surface area contributed by atoms with Gasteiger partial charge >= 0.3 is 0 Å². The standard InChI is InChI=1S/C7H5Cl2NO.ClH/c8-5-1-4(7(10)11)2-6(9)3-5;/h1-3H,(H2,10,11);1H. The average Bonchev–Trinajstić information content (AvgIpc) is 1.85. The second-order valence-corrected chi connectivity index (χ2v) is 2.90. The molecule has 1 aromatic rings. The fraction of sp³-hybridized carbons (Fsp3) is 0. The fourth-order valence-corrected chi connectivity index (χ4v) is 1.22. The predicted octanol–water partition coefficient (Wildman–Crippen LogP) is 2.51. The zero-order chi connectivity index (χ0) is 8.43. The van der Waals surface area contributed by atoms with E-state index in [-0.39, 0.29) is 12.4 Å². The van der Waals surface area contributed by atoms with E-state index >= 15 is 0 Å². The summed E-state index contributed by atoms with van der Waals surface area (Å²) >= 11 is 11.2. The van der Waals surface area contributed by atoms with Crippen molar-refractivity contribution >= 4 is 41.5 Å². The number of carbonyl (C=O) groups excluding carboxylic acids is 1. The van der Waals surface area contributed by atoms with Crippen LogP contribution in [0.5, 0.6) is 0 Å². The van der Waals surface area contributed by atoms with Gasteiger partial charge in [-0.2, -0.15) is 0 Å². The molecule has 0 radical (unpaired) electrons. The number of hydrogen-bond donors (Lipinski definition) is 1. The molecule has 0 atom stereocenters. The molecule has 0 heterocycles. The lowest BCUT2D eigenvalue weighted by atomic mass is 10.2. The Kier molecular flexibility index (Phi) is 4.39. The highest BCUT2D eigenvalue weighted by Gasteiger charge is 2.02. The molecule has 12 heavy (non-hydrogen) atoms. The summed E-state index contributed by atoms with van der Waals surface area (Å²) in [5.41, 5.74) is 5.32. The van der Waals surface area contributed by atoms with Gasteiger partial charge in [-0.05, 0) is 18.2 Å². The van der Waals surface area contributed by atoms with Crippen LogP contribution in [0.15, 0.2) is 18.2 Å². The summed E-state index contributed by atoms with van der Waals surface area (Å²) in [6.07, 6.45) is 0. The molecule has 0 aliphatic carbocycles. The molecule has 0 spiro atoms. The number of primary amides is 1. The first-order valence-electron chi connectivity index (χ1n) is 2.85. The van der Waals surface area contributed by atoms with Gasteiger partial charge in [-0.25, -0.2) is 0 Å². The highest BCUT2D eigenvalue weighted by molar-refractivity contribution is 6.35. The van der Waals surface area contributed by atoms with Crippen LogP contribution >= 0.6 is 35.6 Å². The number of benzene rings is 1. The van der Waals surface area contributed by atoms with Crippen molar-refractivity contribution in [3.8, 4) is 0 Å². The molecule has 0 unspecified atom stereocenters. The lowest BCUT2D eigenvalue weighted by molar-refractivity contribution is 0.100. The van der Waals surface area contributed by atoms with Crippen molar-refractivity contribution in [1.82, 2.24) is 0 Å². The van der Waals surface area contributed by atoms with Crippen molar-refractivity contribution in [2.24, 2.45) is 5.73 Å². The normalized spacial score (nSPS) is 8.83. The molecule has 0 bridgehead atoms. The molecule has 2 nitrogen and oxygen atoms in total. The number of nitrogens with two attached hydrogens (primary N) is 1. The van der Waals surface area contributed by atoms with Crippen LogP contribution in [-0.2, 0) is 0 Å². The highest BCUT2D eigenvalue weighted by atomic mass is 35.5. The SMILES string of the molecule is Cl.NC(=O)c1cc(Cl)cc(Cl)c1. The van der Waals surface area contributed by atoms with Crippen LogP contribution in [-0.4, -0.2) is 5.91 Å². The van der Waals surface area contributed by atoms with Crippen LogP contribution in [0.1, 0.15) is 10.4 Å². The average molecular weight is 226 g/mol. The molecule has 66 valence electrons. The van der Waals surface area contributed by atoms with Gasteiger partial charge in [-0.15, -0.1) is 12.4 Å². The van der Waals surface area contributed by atoms with Crippen LogP contribution in [0.3, 0.4) is 0 Å². The van der Waals surface area contributed by atoms with Crippen LogP contribution < -0.4 is 5.73 Å². The molecular weight excluding hydrogens is 220 g/mol. The van der Waals surface area contributed by atoms with Gasteiger partial charge in [-0.3, -0.25) is 4.79 Å². The summed E-state index contributed by atoms with van der Waals surface area (Å²) in [6.45, 7) is 0. The van der Waals surface area contributed by atoms with E-state index in [4.69, 9.17) is 28.9 Å². The monoisotopic (exact) mass is 225 g/mol. The first-order chi connectivity index (χ1) is 5.09. The molecule has 1 amide bonds. The first-order valence-corrected chi connectivity index (χ1v) is 3.61. The van der Waals surface area contributed by atoms with E-state index in [0.717, 1.165) is 0 Å². The van der Waals surface area contributed by atoms with Crippen molar-refractivity contribution in [1.29, 1.82) is 0 Å². The van der Waals surface area contributed by atoms with E-state index in [2.05, 4.69) is 0 Å². The summed E-state index contributed by atoms with van der Waals surface area (Å²) in [5, 5.41) is 0.817. The topological polar surface area (TPSA) is 43.1 Å². The zero-order valence-electron chi connectivity index (χ0n) is 5.88. The van der Waals surface area contributed by atoms with Gasteiger partial charge in [-0.1, -0.05) is 23.2 Å². The van der Waals surface area contributed by atoms with Gasteiger partial charge < -0.3 is 5.73 Å². The van der Waals surface area contributed by atoms with Gasteiger partial charge in [0, 0.05) is 15.6 Å². The van der Waals surface area contributed by atoms with Crippen molar-refractivity contribution in [3.05, 3.63) is 33.8 Å². The zero-order valence-corrected chi connectivity index (χ0v) is 8.21. The number of carbonyl (C=O) groups is 1. The van der Waals surface area contributed by atoms with Crippen molar-refractivity contribution in [3.63, 3.8) is 0 Å². The van der Waals surface area contributed by atoms with E-state index in [0.29, 0.717) is 15.6 Å². The van der Waals surface area contributed by atoms with E-state index < -0.39 is 5.91 Å². The van der Waals surface area contributed by atoms with E-state index in [9.17, 15) is 4.79 Å². The molecule has 0 fully saturated rings. The summed E-state index contributed by atoms with van der Waals surface area (Å²) in [6, 6.07) is 4.47. The largest absolute Gasteiger partial charge is 0.366 e. The Hall–Kier alpha value is -0.440. The molecular formula is C7H6Cl3NO. The highest BCUT2D eigenvalue weighted by Crippen LogP contribution is 2.18. The second-order valence-electron chi connectivity index (χ2n) is 2.02. The Morgan fingerprint density at radius 2 is 1.58 bits per heavy atom. The van der Waals surface area contributed by atoms with Gasteiger partial charge in [0.05, 0.1) is 0 Å². The van der Waals surface area contributed by atoms with Gasteiger partial charge in [0.25, 0.3) is 0 Å². The van der Waals surface area contributed by atoms with Crippen LogP contribution in [0.25, 0.3) is 0 Å². The fourth-order valence-electron chi connectivity index (χ4n) is 0.696. The molecule has 0 aromatic heterocycles. The molecule has 0 saturated carbocycles. The minimum Gasteiger partial charge on any atom is -0.366 e. The molecule has 0 saturated heterocycles. The Morgan fingerprint density at radius 3 is 1.92 bits per heavy atom. The third-order valence-corrected chi connectivity index (χ3v) is 1.58. The van der Waals surface area contributed by atoms with Crippen molar-refractivity contribution in [2.45, 2.75) is 0 Å². The van der Waals surface area contributed by atoms with Gasteiger partial charge in [0.1, 0.15) is 0 Å². The third kappa shape index (κ3) is 2.89. The number of amides is 1. The first kappa shape index (κ1) is 11.6. The smallest absolute Gasteiger partial charge is 0.248 e. The second kappa shape index (κ2) is 4.55. The summed E-state index contributed by atoms with van der Waals surface area (Å²) in [5.74, 6) is -0.533. The maximum absolute atomic E-state index is 10.6. The summed E-state index contributed by atoms with van der Waals surface area (Å²) in [4.78, 5) is 10.6. The maximum atomic E-state index is 10.6. The minimum atomic E-state index is -0.533. The molecule has 0 aliphatic heterocycles. The molecule has 0 aliphatic rings. The van der Waals surface area contributed by atoms with E-state index in [1.54, 1.807) is 0 Å². The third-order valence-electron chi connectivity index (χ3n) is 1.15. The quantitative estimate of drug-likeness (QED) is 0.785. The molecule has 1 aromatic carbocycles. The van der Waals surface area contributed by atoms with Crippen molar-refractivity contribution in [2.75, 3.05) is 0 Å². The van der Waals surface area contributed by atoms with Crippen LogP contribution in [0.2, 0.25) is 10.0 Å².